The van der Waals surface area contributed by atoms with Gasteiger partial charge in [0.1, 0.15) is 0 Å². The molecule has 0 aliphatic heterocycles. The largest absolute Gasteiger partial charge is 0.461 e. The van der Waals surface area contributed by atoms with Gasteiger partial charge in [-0.1, -0.05) is 24.3 Å². The van der Waals surface area contributed by atoms with Crippen LogP contribution in [0.4, 0.5) is 0 Å². The highest BCUT2D eigenvalue weighted by Crippen LogP contribution is 2.39. The second kappa shape index (κ2) is 5.60. The number of benzene rings is 1. The molecule has 0 saturated heterocycles. The van der Waals surface area contributed by atoms with Crippen LogP contribution in [0.1, 0.15) is 34.2 Å². The van der Waals surface area contributed by atoms with Gasteiger partial charge in [0.2, 0.25) is 0 Å². The summed E-state index contributed by atoms with van der Waals surface area (Å²) in [4.78, 5) is 16.7. The van der Waals surface area contributed by atoms with Crippen molar-refractivity contribution in [3.63, 3.8) is 0 Å². The summed E-state index contributed by atoms with van der Waals surface area (Å²) in [6, 6.07) is 12.1. The second-order valence-corrected chi connectivity index (χ2v) is 5.80. The molecule has 1 aromatic carbocycles. The Hall–Kier alpha value is -2.95. The van der Waals surface area contributed by atoms with Gasteiger partial charge in [-0.3, -0.25) is 4.98 Å². The van der Waals surface area contributed by atoms with Crippen molar-refractivity contribution in [2.75, 3.05) is 6.61 Å². The maximum Gasteiger partial charge on any atom is 0.359 e. The van der Waals surface area contributed by atoms with E-state index in [2.05, 4.69) is 22.2 Å². The lowest BCUT2D eigenvalue weighted by Crippen LogP contribution is -2.09. The Bertz CT molecular complexity index is 926. The molecule has 2 aromatic heterocycles. The summed E-state index contributed by atoms with van der Waals surface area (Å²) < 4.78 is 7.00. The van der Waals surface area contributed by atoms with E-state index in [1.807, 2.05) is 31.2 Å². The molecule has 4 rings (SSSR count). The van der Waals surface area contributed by atoms with E-state index in [1.54, 1.807) is 17.8 Å². The summed E-state index contributed by atoms with van der Waals surface area (Å²) in [5.74, 6) is -0.375. The number of hydrogen-bond acceptors (Lipinski definition) is 4. The van der Waals surface area contributed by atoms with Crippen LogP contribution >= 0.6 is 0 Å². The van der Waals surface area contributed by atoms with E-state index in [-0.39, 0.29) is 5.97 Å². The molecule has 0 amide bonds. The third-order valence-corrected chi connectivity index (χ3v) is 4.23. The van der Waals surface area contributed by atoms with Crippen molar-refractivity contribution in [2.45, 2.75) is 20.3 Å². The number of carbonyl (C=O) groups is 1. The van der Waals surface area contributed by atoms with Crippen LogP contribution in [0, 0.1) is 6.92 Å². The highest BCUT2D eigenvalue weighted by atomic mass is 16.5. The van der Waals surface area contributed by atoms with E-state index in [0.29, 0.717) is 18.7 Å². The fraction of sp³-hybridized carbons (Fsp3) is 0.211. The van der Waals surface area contributed by atoms with Crippen molar-refractivity contribution < 1.29 is 9.53 Å². The normalized spacial score (nSPS) is 11.9. The van der Waals surface area contributed by atoms with E-state index >= 15 is 0 Å². The number of aromatic nitrogens is 3. The monoisotopic (exact) mass is 319 g/mol. The Balaban J connectivity index is 1.93. The fourth-order valence-corrected chi connectivity index (χ4v) is 3.13. The van der Waals surface area contributed by atoms with E-state index in [1.165, 1.54) is 5.56 Å². The molecule has 120 valence electrons. The van der Waals surface area contributed by atoms with Gasteiger partial charge < -0.3 is 4.74 Å². The molecule has 1 aliphatic rings. The lowest BCUT2D eigenvalue weighted by Gasteiger charge is -2.07. The first-order valence-electron chi connectivity index (χ1n) is 7.99. The first-order valence-corrected chi connectivity index (χ1v) is 7.99. The molecule has 0 unspecified atom stereocenters. The van der Waals surface area contributed by atoms with Crippen LogP contribution in [0.5, 0.6) is 0 Å². The van der Waals surface area contributed by atoms with Crippen molar-refractivity contribution in [1.82, 2.24) is 14.8 Å². The van der Waals surface area contributed by atoms with E-state index in [4.69, 9.17) is 4.74 Å². The van der Waals surface area contributed by atoms with Gasteiger partial charge in [0, 0.05) is 23.2 Å². The number of carbonyl (C=O) groups excluding carboxylic acids is 1. The number of aryl methyl sites for hydroxylation is 1. The van der Waals surface area contributed by atoms with Crippen LogP contribution in [0.3, 0.4) is 0 Å². The van der Waals surface area contributed by atoms with Crippen molar-refractivity contribution >= 4 is 5.97 Å². The zero-order valence-corrected chi connectivity index (χ0v) is 13.6. The first kappa shape index (κ1) is 14.6. The van der Waals surface area contributed by atoms with Gasteiger partial charge in [-0.2, -0.15) is 5.10 Å². The molecule has 0 fully saturated rings. The van der Waals surface area contributed by atoms with Crippen molar-refractivity contribution in [3.8, 4) is 16.9 Å². The first-order chi connectivity index (χ1) is 11.7. The molecule has 0 bridgehead atoms. The minimum atomic E-state index is -0.375. The standard InChI is InChI=1S/C19H17N3O2/c1-3-24-19(23)17-16-10-13-6-4-5-7-15(13)18(16)22(21-17)14-9-8-12(2)20-11-14/h4-9,11H,3,10H2,1-2H3. The lowest BCUT2D eigenvalue weighted by molar-refractivity contribution is 0.0518. The van der Waals surface area contributed by atoms with E-state index in [9.17, 15) is 4.79 Å². The number of fused-ring (bicyclic) bond motifs is 3. The van der Waals surface area contributed by atoms with Gasteiger partial charge in [0.25, 0.3) is 0 Å². The molecule has 24 heavy (non-hydrogen) atoms. The van der Waals surface area contributed by atoms with E-state index < -0.39 is 0 Å². The summed E-state index contributed by atoms with van der Waals surface area (Å²) in [5, 5.41) is 4.55. The van der Waals surface area contributed by atoms with Gasteiger partial charge in [-0.15, -0.1) is 0 Å². The topological polar surface area (TPSA) is 57.0 Å². The number of pyridine rings is 1. The molecule has 3 aromatic rings. The lowest BCUT2D eigenvalue weighted by atomic mass is 10.1. The zero-order chi connectivity index (χ0) is 16.7. The number of ether oxygens (including phenoxy) is 1. The predicted octanol–water partition coefficient (Wildman–Crippen LogP) is 3.32. The summed E-state index contributed by atoms with van der Waals surface area (Å²) >= 11 is 0. The van der Waals surface area contributed by atoms with Crippen LogP contribution in [-0.4, -0.2) is 27.3 Å². The minimum absolute atomic E-state index is 0.333. The smallest absolute Gasteiger partial charge is 0.359 e. The Morgan fingerprint density at radius 2 is 2.08 bits per heavy atom. The Morgan fingerprint density at radius 1 is 1.25 bits per heavy atom. The summed E-state index contributed by atoms with van der Waals surface area (Å²) in [5.41, 5.74) is 6.36. The fourth-order valence-electron chi connectivity index (χ4n) is 3.13. The van der Waals surface area contributed by atoms with Crippen LogP contribution in [0.25, 0.3) is 16.9 Å². The molecule has 0 radical (unpaired) electrons. The van der Waals surface area contributed by atoms with Crippen molar-refractivity contribution in [1.29, 1.82) is 0 Å². The van der Waals surface area contributed by atoms with Gasteiger partial charge in [0.05, 0.1) is 24.2 Å². The molecular weight excluding hydrogens is 302 g/mol. The SMILES string of the molecule is CCOC(=O)c1nn(-c2ccc(C)nc2)c2c1Cc1ccccc1-2. The van der Waals surface area contributed by atoms with E-state index in [0.717, 1.165) is 28.2 Å². The molecule has 1 aliphatic carbocycles. The Kier molecular flexibility index (Phi) is 3.41. The predicted molar refractivity (Wildman–Crippen MR) is 90.3 cm³/mol. The van der Waals surface area contributed by atoms with Gasteiger partial charge in [-0.25, -0.2) is 9.48 Å². The Morgan fingerprint density at radius 3 is 2.83 bits per heavy atom. The quantitative estimate of drug-likeness (QED) is 0.544. The average molecular weight is 319 g/mol. The molecule has 0 N–H and O–H groups in total. The maximum atomic E-state index is 12.3. The third kappa shape index (κ3) is 2.21. The number of esters is 1. The average Bonchev–Trinajstić information content (AvgIpc) is 3.13. The summed E-state index contributed by atoms with van der Waals surface area (Å²) in [6.07, 6.45) is 2.47. The van der Waals surface area contributed by atoms with Crippen LogP contribution in [-0.2, 0) is 11.2 Å². The summed E-state index contributed by atoms with van der Waals surface area (Å²) in [6.45, 7) is 4.07. The second-order valence-electron chi connectivity index (χ2n) is 5.80. The Labute approximate surface area is 139 Å². The van der Waals surface area contributed by atoms with Gasteiger partial charge in [0.15, 0.2) is 5.69 Å². The molecule has 5 nitrogen and oxygen atoms in total. The zero-order valence-electron chi connectivity index (χ0n) is 13.6. The molecule has 2 heterocycles. The highest BCUT2D eigenvalue weighted by molar-refractivity contribution is 5.93. The van der Waals surface area contributed by atoms with Crippen molar-refractivity contribution in [3.05, 3.63) is 65.1 Å². The maximum absolute atomic E-state index is 12.3. The molecule has 0 saturated carbocycles. The number of hydrogen-bond donors (Lipinski definition) is 0. The van der Waals surface area contributed by atoms with Crippen LogP contribution < -0.4 is 0 Å². The number of rotatable bonds is 3. The summed E-state index contributed by atoms with van der Waals surface area (Å²) in [7, 11) is 0. The molecule has 5 heteroatoms. The highest BCUT2D eigenvalue weighted by Gasteiger charge is 2.31. The van der Waals surface area contributed by atoms with Gasteiger partial charge >= 0.3 is 5.97 Å². The van der Waals surface area contributed by atoms with Gasteiger partial charge in [-0.05, 0) is 31.5 Å². The molecule has 0 spiro atoms. The molecule has 0 atom stereocenters. The third-order valence-electron chi connectivity index (χ3n) is 4.23. The number of nitrogens with zero attached hydrogens (tertiary/aromatic N) is 3. The molecular formula is C19H17N3O2. The van der Waals surface area contributed by atoms with Crippen molar-refractivity contribution in [2.24, 2.45) is 0 Å². The van der Waals surface area contributed by atoms with Crippen LogP contribution in [0.15, 0.2) is 42.6 Å². The van der Waals surface area contributed by atoms with Crippen LogP contribution in [0.2, 0.25) is 0 Å². The minimum Gasteiger partial charge on any atom is -0.461 e.